The fourth-order valence-corrected chi connectivity index (χ4v) is 4.61. The number of hydrogen-bond donors (Lipinski definition) is 1. The number of methoxy groups -OCH3 is 1. The van der Waals surface area contributed by atoms with Crippen molar-refractivity contribution in [1.82, 2.24) is 14.7 Å². The minimum Gasteiger partial charge on any atom is -0.493 e. The number of ether oxygens (including phenoxy) is 2. The van der Waals surface area contributed by atoms with Gasteiger partial charge >= 0.3 is 6.18 Å². The summed E-state index contributed by atoms with van der Waals surface area (Å²) in [5.41, 5.74) is 1.76. The van der Waals surface area contributed by atoms with Gasteiger partial charge in [-0.25, -0.2) is 4.68 Å². The summed E-state index contributed by atoms with van der Waals surface area (Å²) in [4.78, 5) is 2.27. The second-order valence-electron chi connectivity index (χ2n) is 8.28. The summed E-state index contributed by atoms with van der Waals surface area (Å²) in [7, 11) is 1.61. The Morgan fingerprint density at radius 3 is 2.74 bits per heavy atom. The molecule has 3 heterocycles. The smallest absolute Gasteiger partial charge is 0.410 e. The third-order valence-electron chi connectivity index (χ3n) is 6.02. The second kappa shape index (κ2) is 8.61. The van der Waals surface area contributed by atoms with Crippen LogP contribution in [0.25, 0.3) is 0 Å². The summed E-state index contributed by atoms with van der Waals surface area (Å²) < 4.78 is 52.9. The first kappa shape index (κ1) is 21.8. The van der Waals surface area contributed by atoms with Crippen LogP contribution in [0.4, 0.5) is 19.0 Å². The summed E-state index contributed by atoms with van der Waals surface area (Å²) in [6, 6.07) is 5.80. The predicted octanol–water partition coefficient (Wildman–Crippen LogP) is 4.94. The average molecular weight is 438 g/mol. The monoisotopic (exact) mass is 438 g/mol. The van der Waals surface area contributed by atoms with Crippen molar-refractivity contribution in [2.24, 2.45) is 0 Å². The van der Waals surface area contributed by atoms with Gasteiger partial charge in [0.2, 0.25) is 0 Å². The Labute approximate surface area is 180 Å². The van der Waals surface area contributed by atoms with E-state index in [0.29, 0.717) is 36.2 Å². The maximum atomic E-state index is 13.6. The minimum absolute atomic E-state index is 0.0124. The van der Waals surface area contributed by atoms with Crippen LogP contribution < -0.4 is 14.8 Å². The zero-order valence-corrected chi connectivity index (χ0v) is 18.1. The molecule has 0 spiro atoms. The predicted molar refractivity (Wildman–Crippen MR) is 112 cm³/mol. The van der Waals surface area contributed by atoms with Gasteiger partial charge in [-0.3, -0.25) is 4.90 Å². The number of benzene rings is 1. The Morgan fingerprint density at radius 1 is 1.23 bits per heavy atom. The zero-order chi connectivity index (χ0) is 22.2. The summed E-state index contributed by atoms with van der Waals surface area (Å²) in [6.45, 7) is 5.79. The van der Waals surface area contributed by atoms with Crippen LogP contribution in [0.15, 0.2) is 24.3 Å². The van der Waals surface area contributed by atoms with Gasteiger partial charge in [-0.2, -0.15) is 18.3 Å². The number of nitrogens with zero attached hydrogens (tertiary/aromatic N) is 3. The van der Waals surface area contributed by atoms with Gasteiger partial charge in [0.25, 0.3) is 0 Å². The Bertz CT molecular complexity index is 915. The fourth-order valence-electron chi connectivity index (χ4n) is 4.61. The molecule has 1 fully saturated rings. The lowest BCUT2D eigenvalue weighted by Gasteiger charge is -2.31. The second-order valence-corrected chi connectivity index (χ2v) is 8.28. The highest BCUT2D eigenvalue weighted by Crippen LogP contribution is 2.42. The first-order valence-corrected chi connectivity index (χ1v) is 10.8. The van der Waals surface area contributed by atoms with Crippen LogP contribution in [-0.2, 0) is 6.54 Å². The van der Waals surface area contributed by atoms with E-state index >= 15 is 0 Å². The van der Waals surface area contributed by atoms with Crippen LogP contribution in [0.2, 0.25) is 0 Å². The molecule has 0 bridgehead atoms. The molecule has 2 aliphatic rings. The minimum atomic E-state index is -4.32. The van der Waals surface area contributed by atoms with E-state index in [1.165, 1.54) is 0 Å². The van der Waals surface area contributed by atoms with Gasteiger partial charge in [0.15, 0.2) is 17.5 Å². The van der Waals surface area contributed by atoms with E-state index < -0.39 is 12.2 Å². The van der Waals surface area contributed by atoms with Crippen molar-refractivity contribution in [3.63, 3.8) is 0 Å². The van der Waals surface area contributed by atoms with Gasteiger partial charge in [-0.15, -0.1) is 0 Å². The largest absolute Gasteiger partial charge is 0.493 e. The van der Waals surface area contributed by atoms with E-state index in [2.05, 4.69) is 15.3 Å². The van der Waals surface area contributed by atoms with Crippen LogP contribution >= 0.6 is 0 Å². The van der Waals surface area contributed by atoms with Gasteiger partial charge in [0.05, 0.1) is 25.5 Å². The molecule has 0 amide bonds. The Balaban J connectivity index is 1.56. The molecule has 9 heteroatoms. The highest BCUT2D eigenvalue weighted by atomic mass is 19.4. The van der Waals surface area contributed by atoms with Crippen molar-refractivity contribution in [2.75, 3.05) is 25.6 Å². The Kier molecular flexibility index (Phi) is 6.05. The summed E-state index contributed by atoms with van der Waals surface area (Å²) in [5, 5.41) is 7.58. The average Bonchev–Trinajstić information content (AvgIpc) is 3.34. The lowest BCUT2D eigenvalue weighted by atomic mass is 10.1. The van der Waals surface area contributed by atoms with E-state index in [1.807, 2.05) is 25.1 Å². The molecule has 31 heavy (non-hydrogen) atoms. The van der Waals surface area contributed by atoms with E-state index in [0.717, 1.165) is 29.6 Å². The Morgan fingerprint density at radius 2 is 2.03 bits per heavy atom. The SMILES string of the molecule is CCOc1ccc(CN2CCC[C@@H]2c2cc3n(n2)[C@@H](C(F)(F)F)C[C@@H](C)N3)cc1OC. The maximum absolute atomic E-state index is 13.6. The third-order valence-corrected chi connectivity index (χ3v) is 6.02. The molecule has 2 aromatic rings. The summed E-state index contributed by atoms with van der Waals surface area (Å²) >= 11 is 0. The molecule has 1 saturated heterocycles. The highest BCUT2D eigenvalue weighted by molar-refractivity contribution is 5.44. The normalized spacial score (nSPS) is 24.0. The molecule has 2 aliphatic heterocycles. The van der Waals surface area contributed by atoms with Crippen molar-refractivity contribution in [2.45, 2.75) is 64.0 Å². The number of hydrogen-bond acceptors (Lipinski definition) is 5. The lowest BCUT2D eigenvalue weighted by molar-refractivity contribution is -0.173. The molecular formula is C22H29F3N4O2. The van der Waals surface area contributed by atoms with Crippen molar-refractivity contribution in [3.05, 3.63) is 35.5 Å². The zero-order valence-electron chi connectivity index (χ0n) is 18.1. The number of aromatic nitrogens is 2. The number of rotatable bonds is 6. The number of anilines is 1. The molecular weight excluding hydrogens is 409 g/mol. The molecule has 4 rings (SSSR count). The maximum Gasteiger partial charge on any atom is 0.410 e. The molecule has 0 unspecified atom stereocenters. The summed E-state index contributed by atoms with van der Waals surface area (Å²) in [6.07, 6.45) is -2.48. The standard InChI is InChI=1S/C22H29F3N4O2/c1-4-31-18-8-7-15(11-19(18)30-3)13-28-9-5-6-17(28)16-12-21-26-14(2)10-20(22(23,24)25)29(21)27-16/h7-8,11-12,14,17,20,26H,4-6,9-10,13H2,1-3H3/t14-,17-,20-/m1/s1. The van der Waals surface area contributed by atoms with E-state index in [1.54, 1.807) is 20.1 Å². The van der Waals surface area contributed by atoms with Crippen molar-refractivity contribution >= 4 is 5.82 Å². The third kappa shape index (κ3) is 4.46. The molecule has 0 saturated carbocycles. The summed E-state index contributed by atoms with van der Waals surface area (Å²) in [5.74, 6) is 1.83. The van der Waals surface area contributed by atoms with Crippen LogP contribution in [0.3, 0.4) is 0 Å². The van der Waals surface area contributed by atoms with E-state index in [-0.39, 0.29) is 18.5 Å². The molecule has 3 atom stereocenters. The first-order chi connectivity index (χ1) is 14.8. The van der Waals surface area contributed by atoms with Gasteiger partial charge < -0.3 is 14.8 Å². The van der Waals surface area contributed by atoms with Gasteiger partial charge in [0, 0.05) is 18.7 Å². The van der Waals surface area contributed by atoms with Crippen LogP contribution in [0, 0.1) is 0 Å². The van der Waals surface area contributed by atoms with Crippen LogP contribution in [0.5, 0.6) is 11.5 Å². The number of likely N-dealkylation sites (tertiary alicyclic amines) is 1. The molecule has 1 aromatic heterocycles. The van der Waals surface area contributed by atoms with E-state index in [4.69, 9.17) is 9.47 Å². The van der Waals surface area contributed by atoms with Crippen molar-refractivity contribution in [1.29, 1.82) is 0 Å². The lowest BCUT2D eigenvalue weighted by Crippen LogP contribution is -2.37. The molecule has 0 aliphatic carbocycles. The number of alkyl halides is 3. The fraction of sp³-hybridized carbons (Fsp3) is 0.591. The van der Waals surface area contributed by atoms with Gasteiger partial charge in [-0.1, -0.05) is 6.07 Å². The van der Waals surface area contributed by atoms with Crippen LogP contribution in [0.1, 0.15) is 56.5 Å². The molecule has 0 radical (unpaired) electrons. The first-order valence-electron chi connectivity index (χ1n) is 10.8. The molecule has 1 N–H and O–H groups in total. The van der Waals surface area contributed by atoms with Crippen LogP contribution in [-0.4, -0.2) is 47.2 Å². The van der Waals surface area contributed by atoms with E-state index in [9.17, 15) is 13.2 Å². The Hall–Kier alpha value is -2.42. The van der Waals surface area contributed by atoms with Gasteiger partial charge in [-0.05, 0) is 57.4 Å². The molecule has 170 valence electrons. The quantitative estimate of drug-likeness (QED) is 0.693. The van der Waals surface area contributed by atoms with Gasteiger partial charge in [0.1, 0.15) is 5.82 Å². The molecule has 6 nitrogen and oxygen atoms in total. The number of nitrogens with one attached hydrogen (secondary N) is 1. The number of halogens is 3. The van der Waals surface area contributed by atoms with Crippen molar-refractivity contribution < 1.29 is 22.6 Å². The topological polar surface area (TPSA) is 51.5 Å². The van der Waals surface area contributed by atoms with Crippen molar-refractivity contribution in [3.8, 4) is 11.5 Å². The molecule has 1 aromatic carbocycles. The number of fused-ring (bicyclic) bond motifs is 1. The highest BCUT2D eigenvalue weighted by Gasteiger charge is 2.46.